The van der Waals surface area contributed by atoms with Crippen molar-refractivity contribution < 1.29 is 33.9 Å². The van der Waals surface area contributed by atoms with Crippen molar-refractivity contribution in [1.29, 1.82) is 0 Å². The first-order valence-electron chi connectivity index (χ1n) is 9.77. The molecule has 0 amide bonds. The van der Waals surface area contributed by atoms with Crippen molar-refractivity contribution >= 4 is 23.4 Å². The standard InChI is InChI=1S/C21H27NO8/c1-11(2)29-19(24)15-10-21(5,26)18(23)17(20(25)30-12(3)4)16(15)13-6-8-14(9-7-13)22(27)28/h6-9,11-12,15-17,26H,10H2,1-5H3/t15-,16+,17+,21-/m0/s1. The molecule has 1 aromatic carbocycles. The Hall–Kier alpha value is -2.81. The van der Waals surface area contributed by atoms with Crippen LogP contribution in [0, 0.1) is 22.0 Å². The van der Waals surface area contributed by atoms with E-state index in [0.717, 1.165) is 0 Å². The van der Waals surface area contributed by atoms with Gasteiger partial charge >= 0.3 is 11.9 Å². The summed E-state index contributed by atoms with van der Waals surface area (Å²) in [4.78, 5) is 49.1. The Morgan fingerprint density at radius 3 is 2.07 bits per heavy atom. The highest BCUT2D eigenvalue weighted by molar-refractivity contribution is 6.06. The number of carbonyl (C=O) groups is 3. The summed E-state index contributed by atoms with van der Waals surface area (Å²) < 4.78 is 10.6. The first kappa shape index (κ1) is 23.5. The minimum absolute atomic E-state index is 0.171. The second kappa shape index (κ2) is 8.91. The van der Waals surface area contributed by atoms with E-state index in [4.69, 9.17) is 9.47 Å². The zero-order valence-electron chi connectivity index (χ0n) is 17.7. The van der Waals surface area contributed by atoms with E-state index in [-0.39, 0.29) is 12.1 Å². The number of ether oxygens (including phenoxy) is 2. The van der Waals surface area contributed by atoms with Gasteiger partial charge in [0.2, 0.25) is 0 Å². The zero-order valence-corrected chi connectivity index (χ0v) is 17.7. The Morgan fingerprint density at radius 1 is 1.10 bits per heavy atom. The molecule has 0 spiro atoms. The third-order valence-electron chi connectivity index (χ3n) is 4.97. The van der Waals surface area contributed by atoms with Gasteiger partial charge in [-0.1, -0.05) is 12.1 Å². The van der Waals surface area contributed by atoms with E-state index in [1.165, 1.54) is 31.2 Å². The molecule has 164 valence electrons. The number of Topliss-reactive ketones (excluding diaryl/α,β-unsaturated/α-hetero) is 1. The maximum Gasteiger partial charge on any atom is 0.317 e. The van der Waals surface area contributed by atoms with E-state index < -0.39 is 58.2 Å². The van der Waals surface area contributed by atoms with Crippen LogP contribution < -0.4 is 0 Å². The van der Waals surface area contributed by atoms with Gasteiger partial charge in [-0.3, -0.25) is 24.5 Å². The van der Waals surface area contributed by atoms with Crippen LogP contribution in [0.15, 0.2) is 24.3 Å². The number of rotatable bonds is 6. The molecule has 1 fully saturated rings. The van der Waals surface area contributed by atoms with Crippen molar-refractivity contribution in [2.75, 3.05) is 0 Å². The van der Waals surface area contributed by atoms with Gasteiger partial charge < -0.3 is 14.6 Å². The Balaban J connectivity index is 2.60. The molecule has 0 unspecified atom stereocenters. The number of ketones is 1. The normalized spacial score (nSPS) is 26.5. The third-order valence-corrected chi connectivity index (χ3v) is 4.97. The first-order valence-corrected chi connectivity index (χ1v) is 9.77. The van der Waals surface area contributed by atoms with Gasteiger partial charge in [-0.15, -0.1) is 0 Å². The van der Waals surface area contributed by atoms with E-state index in [1.54, 1.807) is 27.7 Å². The Bertz CT molecular complexity index is 828. The van der Waals surface area contributed by atoms with Crippen LogP contribution >= 0.6 is 0 Å². The van der Waals surface area contributed by atoms with Crippen LogP contribution in [0.2, 0.25) is 0 Å². The van der Waals surface area contributed by atoms with Crippen molar-refractivity contribution in [3.8, 4) is 0 Å². The third kappa shape index (κ3) is 5.02. The monoisotopic (exact) mass is 421 g/mol. The van der Waals surface area contributed by atoms with E-state index in [9.17, 15) is 29.6 Å². The molecule has 30 heavy (non-hydrogen) atoms. The van der Waals surface area contributed by atoms with Crippen LogP contribution in [0.3, 0.4) is 0 Å². The molecule has 1 saturated carbocycles. The van der Waals surface area contributed by atoms with Gasteiger partial charge in [0.15, 0.2) is 5.78 Å². The van der Waals surface area contributed by atoms with Crippen LogP contribution in [-0.4, -0.2) is 45.6 Å². The Morgan fingerprint density at radius 2 is 1.60 bits per heavy atom. The van der Waals surface area contributed by atoms with Gasteiger partial charge in [0.25, 0.3) is 5.69 Å². The fraction of sp³-hybridized carbons (Fsp3) is 0.571. The molecule has 0 bridgehead atoms. The summed E-state index contributed by atoms with van der Waals surface area (Å²) in [6, 6.07) is 5.29. The molecule has 1 N–H and O–H groups in total. The summed E-state index contributed by atoms with van der Waals surface area (Å²) in [5.41, 5.74) is -1.73. The van der Waals surface area contributed by atoms with Crippen molar-refractivity contribution in [3.05, 3.63) is 39.9 Å². The highest BCUT2D eigenvalue weighted by Gasteiger charge is 2.56. The molecule has 0 heterocycles. The SMILES string of the molecule is CC(C)OC(=O)[C@H]1C(=O)[C@@](C)(O)C[C@H](C(=O)OC(C)C)[C@H]1c1ccc([N+](=O)[O-])cc1. The van der Waals surface area contributed by atoms with Gasteiger partial charge in [-0.25, -0.2) is 0 Å². The predicted octanol–water partition coefficient (Wildman–Crippen LogP) is 2.54. The summed E-state index contributed by atoms with van der Waals surface area (Å²) in [7, 11) is 0. The van der Waals surface area contributed by atoms with Gasteiger partial charge in [0, 0.05) is 18.1 Å². The van der Waals surface area contributed by atoms with Crippen molar-refractivity contribution in [2.24, 2.45) is 11.8 Å². The van der Waals surface area contributed by atoms with E-state index in [0.29, 0.717) is 5.56 Å². The average Bonchev–Trinajstić information content (AvgIpc) is 2.62. The molecule has 1 aliphatic carbocycles. The number of carbonyl (C=O) groups excluding carboxylic acids is 3. The lowest BCUT2D eigenvalue weighted by Gasteiger charge is -2.42. The molecule has 0 aromatic heterocycles. The molecular formula is C21H27NO8. The number of esters is 2. The molecule has 0 radical (unpaired) electrons. The number of benzene rings is 1. The second-order valence-corrected chi connectivity index (χ2v) is 8.27. The van der Waals surface area contributed by atoms with Crippen LogP contribution in [0.25, 0.3) is 0 Å². The molecule has 9 nitrogen and oxygen atoms in total. The number of hydrogen-bond donors (Lipinski definition) is 1. The van der Waals surface area contributed by atoms with Gasteiger partial charge in [0.05, 0.1) is 23.0 Å². The molecular weight excluding hydrogens is 394 g/mol. The van der Waals surface area contributed by atoms with Crippen LogP contribution in [0.4, 0.5) is 5.69 Å². The van der Waals surface area contributed by atoms with E-state index >= 15 is 0 Å². The maximum atomic E-state index is 13.0. The van der Waals surface area contributed by atoms with Gasteiger partial charge in [-0.05, 0) is 46.6 Å². The molecule has 1 aromatic rings. The summed E-state index contributed by atoms with van der Waals surface area (Å²) in [5.74, 6) is -5.75. The van der Waals surface area contributed by atoms with Gasteiger partial charge in [-0.2, -0.15) is 0 Å². The Labute approximate surface area is 174 Å². The number of nitro benzene ring substituents is 1. The van der Waals surface area contributed by atoms with Crippen molar-refractivity contribution in [1.82, 2.24) is 0 Å². The Kier molecular flexibility index (Phi) is 6.97. The number of nitro groups is 1. The van der Waals surface area contributed by atoms with E-state index in [1.807, 2.05) is 0 Å². The average molecular weight is 421 g/mol. The smallest absolute Gasteiger partial charge is 0.317 e. The first-order chi connectivity index (χ1) is 13.8. The largest absolute Gasteiger partial charge is 0.463 e. The minimum atomic E-state index is -1.93. The van der Waals surface area contributed by atoms with E-state index in [2.05, 4.69) is 0 Å². The summed E-state index contributed by atoms with van der Waals surface area (Å²) in [6.07, 6.45) is -1.21. The maximum absolute atomic E-state index is 13.0. The zero-order chi connectivity index (χ0) is 22.8. The highest BCUT2D eigenvalue weighted by atomic mass is 16.6. The molecule has 0 saturated heterocycles. The predicted molar refractivity (Wildman–Crippen MR) is 106 cm³/mol. The topological polar surface area (TPSA) is 133 Å². The van der Waals surface area contributed by atoms with Crippen molar-refractivity contribution in [3.63, 3.8) is 0 Å². The summed E-state index contributed by atoms with van der Waals surface area (Å²) in [5, 5.41) is 21.7. The molecule has 4 atom stereocenters. The number of hydrogen-bond acceptors (Lipinski definition) is 8. The quantitative estimate of drug-likeness (QED) is 0.321. The van der Waals surface area contributed by atoms with Crippen LogP contribution in [0.5, 0.6) is 0 Å². The molecule has 1 aliphatic rings. The number of non-ortho nitro benzene ring substituents is 1. The fourth-order valence-electron chi connectivity index (χ4n) is 3.74. The highest BCUT2D eigenvalue weighted by Crippen LogP contribution is 2.45. The lowest BCUT2D eigenvalue weighted by atomic mass is 9.63. The summed E-state index contributed by atoms with van der Waals surface area (Å²) in [6.45, 7) is 7.82. The second-order valence-electron chi connectivity index (χ2n) is 8.27. The molecule has 9 heteroatoms. The lowest BCUT2D eigenvalue weighted by molar-refractivity contribution is -0.384. The van der Waals surface area contributed by atoms with Gasteiger partial charge in [0.1, 0.15) is 11.5 Å². The molecule has 2 rings (SSSR count). The van der Waals surface area contributed by atoms with Crippen LogP contribution in [0.1, 0.15) is 52.5 Å². The molecule has 0 aliphatic heterocycles. The summed E-state index contributed by atoms with van der Waals surface area (Å²) >= 11 is 0. The fourth-order valence-corrected chi connectivity index (χ4v) is 3.74. The van der Waals surface area contributed by atoms with Crippen LogP contribution in [-0.2, 0) is 23.9 Å². The van der Waals surface area contributed by atoms with Crippen molar-refractivity contribution in [2.45, 2.75) is 64.8 Å². The lowest BCUT2D eigenvalue weighted by Crippen LogP contribution is -2.55. The minimum Gasteiger partial charge on any atom is -0.463 e. The number of nitrogens with zero attached hydrogens (tertiary/aromatic N) is 1. The number of aliphatic hydroxyl groups is 1.